The first kappa shape index (κ1) is 15.1. The van der Waals surface area contributed by atoms with Crippen LogP contribution in [-0.4, -0.2) is 24.7 Å². The zero-order chi connectivity index (χ0) is 15.5. The Labute approximate surface area is 124 Å². The van der Waals surface area contributed by atoms with Crippen LogP contribution in [0.15, 0.2) is 54.6 Å². The van der Waals surface area contributed by atoms with Gasteiger partial charge in [-0.15, -0.1) is 0 Å². The number of anilines is 1. The first-order chi connectivity index (χ1) is 9.95. The lowest BCUT2D eigenvalue weighted by molar-refractivity contribution is -0.143. The number of carbonyl (C=O) groups is 1. The summed E-state index contributed by atoms with van der Waals surface area (Å²) >= 11 is 0. The highest BCUT2D eigenvalue weighted by molar-refractivity contribution is 5.81. The van der Waals surface area contributed by atoms with Gasteiger partial charge < -0.3 is 15.7 Å². The number of aryl methyl sites for hydroxylation is 1. The van der Waals surface area contributed by atoms with Crippen molar-refractivity contribution in [3.05, 3.63) is 65.7 Å². The van der Waals surface area contributed by atoms with Gasteiger partial charge >= 0.3 is 5.97 Å². The predicted molar refractivity (Wildman–Crippen MR) is 84.4 cm³/mol. The Kier molecular flexibility index (Phi) is 4.29. The van der Waals surface area contributed by atoms with E-state index in [1.54, 1.807) is 24.3 Å². The minimum absolute atomic E-state index is 0.192. The van der Waals surface area contributed by atoms with E-state index in [1.807, 2.05) is 49.2 Å². The number of rotatable bonds is 5. The van der Waals surface area contributed by atoms with Crippen LogP contribution in [-0.2, 0) is 10.3 Å². The summed E-state index contributed by atoms with van der Waals surface area (Å²) in [5, 5.41) is 9.60. The topological polar surface area (TPSA) is 66.6 Å². The molecule has 21 heavy (non-hydrogen) atoms. The summed E-state index contributed by atoms with van der Waals surface area (Å²) in [6, 6.07) is 16.8. The summed E-state index contributed by atoms with van der Waals surface area (Å²) in [6.45, 7) is 2.19. The van der Waals surface area contributed by atoms with Gasteiger partial charge in [-0.05, 0) is 24.1 Å². The van der Waals surface area contributed by atoms with Gasteiger partial charge in [-0.2, -0.15) is 0 Å². The molecule has 0 saturated heterocycles. The molecule has 0 aliphatic heterocycles. The monoisotopic (exact) mass is 284 g/mol. The number of carboxylic acids is 1. The summed E-state index contributed by atoms with van der Waals surface area (Å²) in [5.74, 6) is -1.03. The number of hydrogen-bond acceptors (Lipinski definition) is 3. The van der Waals surface area contributed by atoms with E-state index < -0.39 is 11.5 Å². The van der Waals surface area contributed by atoms with Gasteiger partial charge in [0.25, 0.3) is 0 Å². The van der Waals surface area contributed by atoms with E-state index in [2.05, 4.69) is 0 Å². The van der Waals surface area contributed by atoms with Gasteiger partial charge in [0.2, 0.25) is 0 Å². The minimum Gasteiger partial charge on any atom is -0.480 e. The van der Waals surface area contributed by atoms with E-state index >= 15 is 0 Å². The molecule has 4 heteroatoms. The first-order valence-electron chi connectivity index (χ1n) is 6.80. The second-order valence-corrected chi connectivity index (χ2v) is 5.29. The molecule has 0 bridgehead atoms. The van der Waals surface area contributed by atoms with Crippen LogP contribution in [0.5, 0.6) is 0 Å². The third kappa shape index (κ3) is 3.06. The second-order valence-electron chi connectivity index (χ2n) is 5.29. The number of aliphatic carboxylic acids is 1. The lowest BCUT2D eigenvalue weighted by atomic mass is 9.90. The van der Waals surface area contributed by atoms with E-state index in [9.17, 15) is 9.90 Å². The van der Waals surface area contributed by atoms with E-state index in [4.69, 9.17) is 5.73 Å². The molecule has 0 radical (unpaired) electrons. The quantitative estimate of drug-likeness (QED) is 0.884. The fourth-order valence-corrected chi connectivity index (χ4v) is 2.47. The summed E-state index contributed by atoms with van der Waals surface area (Å²) in [6.07, 6.45) is 0. The van der Waals surface area contributed by atoms with Crippen LogP contribution < -0.4 is 10.6 Å². The van der Waals surface area contributed by atoms with Crippen molar-refractivity contribution in [1.29, 1.82) is 0 Å². The molecule has 1 atom stereocenters. The molecule has 0 aliphatic rings. The molecular formula is C17H20N2O2. The molecule has 2 rings (SSSR count). The fraction of sp³-hybridized carbons (Fsp3) is 0.235. The highest BCUT2D eigenvalue weighted by atomic mass is 16.4. The first-order valence-corrected chi connectivity index (χ1v) is 6.80. The predicted octanol–water partition coefficient (Wildman–Crippen LogP) is 2.37. The van der Waals surface area contributed by atoms with E-state index in [0.29, 0.717) is 5.56 Å². The maximum absolute atomic E-state index is 11.7. The SMILES string of the molecule is Cc1ccccc1N(C)CC(N)(C(=O)O)c1ccccc1. The smallest absolute Gasteiger partial charge is 0.330 e. The van der Waals surface area contributed by atoms with E-state index in [1.165, 1.54) is 0 Å². The van der Waals surface area contributed by atoms with Crippen molar-refractivity contribution >= 4 is 11.7 Å². The maximum atomic E-state index is 11.7. The normalized spacial score (nSPS) is 13.5. The third-order valence-corrected chi connectivity index (χ3v) is 3.68. The van der Waals surface area contributed by atoms with E-state index in [0.717, 1.165) is 11.3 Å². The zero-order valence-corrected chi connectivity index (χ0v) is 12.3. The molecule has 0 fully saturated rings. The summed E-state index contributed by atoms with van der Waals surface area (Å²) < 4.78 is 0. The van der Waals surface area contributed by atoms with Crippen molar-refractivity contribution in [2.75, 3.05) is 18.5 Å². The summed E-state index contributed by atoms with van der Waals surface area (Å²) in [7, 11) is 1.86. The largest absolute Gasteiger partial charge is 0.480 e. The molecule has 0 saturated carbocycles. The molecule has 3 N–H and O–H groups in total. The Morgan fingerprint density at radius 1 is 1.14 bits per heavy atom. The molecule has 110 valence electrons. The number of nitrogens with zero attached hydrogens (tertiary/aromatic N) is 1. The highest BCUT2D eigenvalue weighted by Crippen LogP contribution is 2.24. The van der Waals surface area contributed by atoms with Crippen LogP contribution in [0.3, 0.4) is 0 Å². The van der Waals surface area contributed by atoms with Gasteiger partial charge in [0.1, 0.15) is 0 Å². The Hall–Kier alpha value is -2.33. The van der Waals surface area contributed by atoms with Crippen molar-refractivity contribution < 1.29 is 9.90 Å². The minimum atomic E-state index is -1.45. The summed E-state index contributed by atoms with van der Waals surface area (Å²) in [5.41, 5.74) is 7.42. The second kappa shape index (κ2) is 5.97. The standard InChI is InChI=1S/C17H20N2O2/c1-13-8-6-7-11-15(13)19(2)12-17(18,16(20)21)14-9-4-3-5-10-14/h3-11H,12,18H2,1-2H3,(H,20,21). The average molecular weight is 284 g/mol. The van der Waals surface area contributed by atoms with Gasteiger partial charge in [-0.1, -0.05) is 48.5 Å². The number of para-hydroxylation sites is 1. The van der Waals surface area contributed by atoms with Crippen LogP contribution in [0.1, 0.15) is 11.1 Å². The number of carboxylic acid groups (broad SMARTS) is 1. The number of hydrogen-bond donors (Lipinski definition) is 2. The molecule has 0 aliphatic carbocycles. The van der Waals surface area contributed by atoms with Crippen molar-refractivity contribution in [2.24, 2.45) is 5.73 Å². The zero-order valence-electron chi connectivity index (χ0n) is 12.3. The molecule has 0 amide bonds. The van der Waals surface area contributed by atoms with Crippen molar-refractivity contribution in [1.82, 2.24) is 0 Å². The lowest BCUT2D eigenvalue weighted by Crippen LogP contribution is -2.53. The molecule has 2 aromatic carbocycles. The fourth-order valence-electron chi connectivity index (χ4n) is 2.47. The molecular weight excluding hydrogens is 264 g/mol. The number of nitrogens with two attached hydrogens (primary N) is 1. The van der Waals surface area contributed by atoms with Gasteiger partial charge in [0.15, 0.2) is 5.54 Å². The Morgan fingerprint density at radius 2 is 1.71 bits per heavy atom. The third-order valence-electron chi connectivity index (χ3n) is 3.68. The molecule has 0 heterocycles. The van der Waals surface area contributed by atoms with Crippen LogP contribution >= 0.6 is 0 Å². The maximum Gasteiger partial charge on any atom is 0.330 e. The molecule has 0 aromatic heterocycles. The Balaban J connectivity index is 2.33. The Morgan fingerprint density at radius 3 is 2.29 bits per heavy atom. The van der Waals surface area contributed by atoms with Crippen molar-refractivity contribution in [3.63, 3.8) is 0 Å². The Bertz CT molecular complexity index is 628. The highest BCUT2D eigenvalue weighted by Gasteiger charge is 2.37. The van der Waals surface area contributed by atoms with Gasteiger partial charge in [-0.25, -0.2) is 4.79 Å². The van der Waals surface area contributed by atoms with Crippen molar-refractivity contribution in [2.45, 2.75) is 12.5 Å². The van der Waals surface area contributed by atoms with Crippen LogP contribution in [0.25, 0.3) is 0 Å². The van der Waals surface area contributed by atoms with Crippen LogP contribution in [0.4, 0.5) is 5.69 Å². The van der Waals surface area contributed by atoms with Gasteiger partial charge in [-0.3, -0.25) is 0 Å². The van der Waals surface area contributed by atoms with Crippen LogP contribution in [0, 0.1) is 6.92 Å². The van der Waals surface area contributed by atoms with Crippen LogP contribution in [0.2, 0.25) is 0 Å². The number of likely N-dealkylation sites (N-methyl/N-ethyl adjacent to an activating group) is 1. The van der Waals surface area contributed by atoms with Crippen molar-refractivity contribution in [3.8, 4) is 0 Å². The number of benzene rings is 2. The van der Waals surface area contributed by atoms with Gasteiger partial charge in [0.05, 0.1) is 6.54 Å². The van der Waals surface area contributed by atoms with E-state index in [-0.39, 0.29) is 6.54 Å². The molecule has 4 nitrogen and oxygen atoms in total. The average Bonchev–Trinajstić information content (AvgIpc) is 2.48. The van der Waals surface area contributed by atoms with Gasteiger partial charge in [0, 0.05) is 12.7 Å². The molecule has 0 spiro atoms. The lowest BCUT2D eigenvalue weighted by Gasteiger charge is -2.32. The molecule has 1 unspecified atom stereocenters. The summed E-state index contributed by atoms with van der Waals surface area (Å²) in [4.78, 5) is 13.6. The molecule has 2 aromatic rings.